The Morgan fingerprint density at radius 1 is 0.646 bits per heavy atom. The Labute approximate surface area is 476 Å². The molecule has 8 rings (SSSR count). The number of ether oxygens (including phenoxy) is 11. The molecular weight excluding hydrogens is 1090 g/mol. The summed E-state index contributed by atoms with van der Waals surface area (Å²) in [5.74, 6) is -3.08. The molecule has 3 saturated carbocycles. The summed E-state index contributed by atoms with van der Waals surface area (Å²) in [5.41, 5.74) is -1.87. The first-order valence-electron chi connectivity index (χ1n) is 28.9. The van der Waals surface area contributed by atoms with Crippen LogP contribution in [0.2, 0.25) is 0 Å². The van der Waals surface area contributed by atoms with Gasteiger partial charge in [-0.3, -0.25) is 19.2 Å². The predicted octanol–water partition coefficient (Wildman–Crippen LogP) is -1.70. The zero-order chi connectivity index (χ0) is 60.1. The predicted molar refractivity (Wildman–Crippen MR) is 275 cm³/mol. The van der Waals surface area contributed by atoms with E-state index in [1.165, 1.54) is 6.92 Å². The summed E-state index contributed by atoms with van der Waals surface area (Å²) in [7, 11) is 0. The Hall–Kier alpha value is -2.94. The van der Waals surface area contributed by atoms with Gasteiger partial charge in [0, 0.05) is 38.5 Å². The van der Waals surface area contributed by atoms with Crippen molar-refractivity contribution in [3.63, 3.8) is 0 Å². The highest BCUT2D eigenvalue weighted by Crippen LogP contribution is 2.69. The molecule has 4 heterocycles. The fourth-order valence-electron chi connectivity index (χ4n) is 14.8. The maximum Gasteiger partial charge on any atom is 0.303 e. The molecule has 468 valence electrons. The molecule has 8 aliphatic rings. The number of aliphatic hydroxyl groups excluding tert-OH is 10. The van der Waals surface area contributed by atoms with E-state index in [-0.39, 0.29) is 47.9 Å². The monoisotopic (exact) mass is 1180 g/mol. The number of rotatable bonds is 19. The van der Waals surface area contributed by atoms with E-state index in [0.29, 0.717) is 51.4 Å². The summed E-state index contributed by atoms with van der Waals surface area (Å²) in [6.45, 7) is 11.1. The van der Waals surface area contributed by atoms with Crippen LogP contribution in [0, 0.1) is 40.4 Å². The molecule has 4 saturated heterocycles. The molecule has 26 heteroatoms. The number of esters is 3. The van der Waals surface area contributed by atoms with Crippen molar-refractivity contribution in [1.82, 2.24) is 0 Å². The lowest BCUT2D eigenvalue weighted by Gasteiger charge is -2.59. The van der Waals surface area contributed by atoms with Crippen molar-refractivity contribution in [3.05, 3.63) is 11.6 Å². The minimum Gasteiger partial charge on any atom is -0.456 e. The van der Waals surface area contributed by atoms with Gasteiger partial charge in [-0.2, -0.15) is 0 Å². The highest BCUT2D eigenvalue weighted by atomic mass is 16.8. The Bertz CT molecular complexity index is 2250. The van der Waals surface area contributed by atoms with Crippen molar-refractivity contribution in [3.8, 4) is 0 Å². The van der Waals surface area contributed by atoms with Crippen molar-refractivity contribution in [2.24, 2.45) is 40.4 Å². The van der Waals surface area contributed by atoms with Gasteiger partial charge in [0.25, 0.3) is 0 Å². The number of carbonyl (C=O) groups excluding carboxylic acids is 4. The normalized spacial score (nSPS) is 47.0. The number of allylic oxidation sites excluding steroid dienone is 1. The van der Waals surface area contributed by atoms with Gasteiger partial charge in [-0.15, -0.1) is 0 Å². The molecule has 0 amide bonds. The maximum absolute atomic E-state index is 14.3. The van der Waals surface area contributed by atoms with Crippen LogP contribution in [0.15, 0.2) is 11.6 Å². The van der Waals surface area contributed by atoms with Crippen molar-refractivity contribution in [1.29, 1.82) is 0 Å². The molecule has 26 nitrogen and oxygen atoms in total. The van der Waals surface area contributed by atoms with Crippen LogP contribution in [0.3, 0.4) is 0 Å². The quantitative estimate of drug-likeness (QED) is 0.0390. The summed E-state index contributed by atoms with van der Waals surface area (Å²) in [6.07, 6.45) is -25.3. The number of aliphatic hydroxyl groups is 11. The molecule has 11 N–H and O–H groups in total. The average Bonchev–Trinajstić information content (AvgIpc) is 3.92. The van der Waals surface area contributed by atoms with Crippen LogP contribution >= 0.6 is 0 Å². The average molecular weight is 1180 g/mol. The third kappa shape index (κ3) is 12.6. The fourth-order valence-corrected chi connectivity index (χ4v) is 14.8. The smallest absolute Gasteiger partial charge is 0.303 e. The van der Waals surface area contributed by atoms with Crippen LogP contribution in [-0.2, 0) is 71.3 Å². The first-order valence-corrected chi connectivity index (χ1v) is 28.9. The summed E-state index contributed by atoms with van der Waals surface area (Å²) >= 11 is 0. The van der Waals surface area contributed by atoms with E-state index in [4.69, 9.17) is 52.1 Å². The van der Waals surface area contributed by atoms with Crippen molar-refractivity contribution < 1.29 is 127 Å². The van der Waals surface area contributed by atoms with Crippen LogP contribution in [0.5, 0.6) is 0 Å². The maximum atomic E-state index is 14.3. The molecule has 0 spiro atoms. The number of hydrogen-bond donors (Lipinski definition) is 11. The van der Waals surface area contributed by atoms with Gasteiger partial charge in [0.05, 0.1) is 38.6 Å². The van der Waals surface area contributed by atoms with Crippen molar-refractivity contribution in [2.45, 2.75) is 248 Å². The van der Waals surface area contributed by atoms with Gasteiger partial charge in [0.1, 0.15) is 84.6 Å². The lowest BCUT2D eigenvalue weighted by molar-refractivity contribution is -0.365. The molecule has 0 aromatic carbocycles. The largest absolute Gasteiger partial charge is 0.456 e. The minimum absolute atomic E-state index is 0.00364. The molecule has 0 unspecified atom stereocenters. The second kappa shape index (κ2) is 26.2. The van der Waals surface area contributed by atoms with E-state index >= 15 is 0 Å². The highest BCUT2D eigenvalue weighted by molar-refractivity contribution is 5.82. The summed E-state index contributed by atoms with van der Waals surface area (Å²) < 4.78 is 64.6. The molecule has 0 radical (unpaired) electrons. The molecule has 0 bridgehead atoms. The van der Waals surface area contributed by atoms with Crippen molar-refractivity contribution in [2.75, 3.05) is 26.4 Å². The zero-order valence-corrected chi connectivity index (χ0v) is 47.8. The molecule has 4 aliphatic heterocycles. The number of hydrogen-bond acceptors (Lipinski definition) is 26. The van der Waals surface area contributed by atoms with Crippen molar-refractivity contribution >= 4 is 23.7 Å². The molecule has 82 heavy (non-hydrogen) atoms. The van der Waals surface area contributed by atoms with E-state index in [1.54, 1.807) is 6.92 Å². The van der Waals surface area contributed by atoms with Gasteiger partial charge < -0.3 is 108 Å². The van der Waals surface area contributed by atoms with E-state index in [9.17, 15) is 75.3 Å². The van der Waals surface area contributed by atoms with Gasteiger partial charge in [0.2, 0.25) is 0 Å². The van der Waals surface area contributed by atoms with Crippen LogP contribution in [0.4, 0.5) is 0 Å². The first kappa shape index (κ1) is 65.0. The standard InChI is InChI=1S/C56H88O26/c1-23(2)9-12-33(62)24(3)56(71)38(81-53-49(76-27(6)61)48(75-26(5)60)37(22-73-53)74-25(4)59)18-32-30-11-10-28-17-29(13-15-54(28,7)31(30)14-16-55(32,56)8)77-51-44(68)42(66)40(64)36(80-51)21-72-50-46(70)43(67)47(35(20-58)79-50)82-52-45(69)41(65)39(63)34(19-57)78-52/h10,23-24,29-32,34-53,57-58,63-71H,9,11-22H2,1-8H3/t24-,29+,30-,31+,32+,34-,35-,36-,37+,38+,39-,40-,41+,42+,43-,44-,45-,46-,47-,48+,49-,50-,51-,52+,53+,54+,55+,56-/m1/s1. The van der Waals surface area contributed by atoms with Gasteiger partial charge in [0.15, 0.2) is 43.5 Å². The first-order chi connectivity index (χ1) is 38.6. The third-order valence-corrected chi connectivity index (χ3v) is 19.4. The number of ketones is 1. The fraction of sp³-hybridized carbons (Fsp3) is 0.893. The molecule has 4 aliphatic carbocycles. The summed E-state index contributed by atoms with van der Waals surface area (Å²) in [6, 6.07) is 0. The Morgan fingerprint density at radius 2 is 1.23 bits per heavy atom. The second-order valence-corrected chi connectivity index (χ2v) is 24.9. The second-order valence-electron chi connectivity index (χ2n) is 24.9. The third-order valence-electron chi connectivity index (χ3n) is 19.4. The molecule has 7 fully saturated rings. The van der Waals surface area contributed by atoms with E-state index < -0.39 is 184 Å². The van der Waals surface area contributed by atoms with E-state index in [0.717, 1.165) is 19.4 Å². The Balaban J connectivity index is 0.953. The van der Waals surface area contributed by atoms with Gasteiger partial charge in [-0.25, -0.2) is 0 Å². The molecule has 0 aromatic heterocycles. The number of fused-ring (bicyclic) bond motifs is 5. The van der Waals surface area contributed by atoms with Crippen LogP contribution in [-0.4, -0.2) is 241 Å². The van der Waals surface area contributed by atoms with Crippen LogP contribution in [0.25, 0.3) is 0 Å². The number of carbonyl (C=O) groups is 4. The van der Waals surface area contributed by atoms with Gasteiger partial charge in [-0.1, -0.05) is 46.3 Å². The minimum atomic E-state index is -1.90. The Kier molecular flexibility index (Phi) is 20.8. The van der Waals surface area contributed by atoms with Crippen LogP contribution < -0.4 is 0 Å². The van der Waals surface area contributed by atoms with Gasteiger partial charge in [-0.05, 0) is 80.5 Å². The lowest BCUT2D eigenvalue weighted by Crippen LogP contribution is -2.65. The van der Waals surface area contributed by atoms with E-state index in [2.05, 4.69) is 13.0 Å². The lowest BCUT2D eigenvalue weighted by atomic mass is 9.46. The zero-order valence-electron chi connectivity index (χ0n) is 47.8. The SMILES string of the molecule is CC(=O)O[C@@H]1[C@@H](OC(C)=O)[C@H](O[C@H]2C[C@H]3[C@@H]4CC=C5C[C@@H](O[C@@H]6O[C@H](CO[C@@H]7O[C@H](CO)[C@@H](O[C@@H]8O[C@H](CO)[C@@H](O)[C@H](O)[C@H]8O)[C@H](O)[C@H]7O)[C@@H](O)[C@H](O)[C@H]6O)CC[C@]5(C)[C@H]4CC[C@]3(C)[C@@]2(O)[C@H](C)C(=O)CCC(C)C)OC[C@@H]1OC(C)=O. The number of Topliss-reactive ketones (excluding diaryl/α,β-unsaturated/α-hetero) is 1. The van der Waals surface area contributed by atoms with Crippen LogP contribution in [0.1, 0.15) is 113 Å². The summed E-state index contributed by atoms with van der Waals surface area (Å²) in [4.78, 5) is 51.5. The van der Waals surface area contributed by atoms with E-state index in [1.807, 2.05) is 20.8 Å². The summed E-state index contributed by atoms with van der Waals surface area (Å²) in [5, 5.41) is 120. The molecule has 0 aromatic rings. The highest BCUT2D eigenvalue weighted by Gasteiger charge is 2.71. The topological polar surface area (TPSA) is 392 Å². The Morgan fingerprint density at radius 3 is 1.85 bits per heavy atom. The van der Waals surface area contributed by atoms with Gasteiger partial charge >= 0.3 is 17.9 Å². The molecular formula is C56H88O26. The molecule has 28 atom stereocenters.